The smallest absolute Gasteiger partial charge is 0.127 e. The Morgan fingerprint density at radius 1 is 1.33 bits per heavy atom. The highest BCUT2D eigenvalue weighted by atomic mass is 35.5. The minimum Gasteiger partial charge on any atom is -0.324 e. The first kappa shape index (κ1) is 13.4. The molecule has 0 aliphatic carbocycles. The number of benzene rings is 1. The van der Waals surface area contributed by atoms with Crippen molar-refractivity contribution >= 4 is 22.6 Å². The number of fused-ring (bicyclic) bond motifs is 1. The number of nitrogens with zero attached hydrogens (tertiary/aromatic N) is 2. The molecule has 98 valence electrons. The van der Waals surface area contributed by atoms with E-state index < -0.39 is 0 Å². The van der Waals surface area contributed by atoms with Crippen LogP contribution in [0.2, 0.25) is 0 Å². The Hall–Kier alpha value is -1.02. The third-order valence-corrected chi connectivity index (χ3v) is 3.64. The fourth-order valence-electron chi connectivity index (χ4n) is 2.61. The molecule has 0 saturated heterocycles. The van der Waals surface area contributed by atoms with Gasteiger partial charge in [0.05, 0.1) is 16.4 Å². The summed E-state index contributed by atoms with van der Waals surface area (Å²) < 4.78 is 2.33. The van der Waals surface area contributed by atoms with Crippen LogP contribution in [0.15, 0.2) is 18.2 Å². The van der Waals surface area contributed by atoms with Crippen LogP contribution in [0.3, 0.4) is 0 Å². The van der Waals surface area contributed by atoms with Crippen LogP contribution < -0.4 is 0 Å². The third-order valence-electron chi connectivity index (χ3n) is 3.44. The molecule has 2 aromatic rings. The van der Waals surface area contributed by atoms with Crippen LogP contribution in [0.4, 0.5) is 0 Å². The average Bonchev–Trinajstić information content (AvgIpc) is 2.70. The van der Waals surface area contributed by atoms with E-state index in [1.165, 1.54) is 17.5 Å². The molecule has 0 N–H and O–H groups in total. The minimum absolute atomic E-state index is 0.0592. The van der Waals surface area contributed by atoms with Gasteiger partial charge in [-0.05, 0) is 38.8 Å². The Bertz CT molecular complexity index is 543. The van der Waals surface area contributed by atoms with Gasteiger partial charge in [-0.25, -0.2) is 4.98 Å². The summed E-state index contributed by atoms with van der Waals surface area (Å²) in [6.45, 7) is 8.60. The summed E-state index contributed by atoms with van der Waals surface area (Å²) in [5.74, 6) is 0.988. The van der Waals surface area contributed by atoms with Crippen LogP contribution in [-0.4, -0.2) is 9.55 Å². The number of halogens is 1. The molecule has 2 atom stereocenters. The summed E-state index contributed by atoms with van der Waals surface area (Å²) >= 11 is 6.29. The van der Waals surface area contributed by atoms with Gasteiger partial charge in [0.1, 0.15) is 5.82 Å². The van der Waals surface area contributed by atoms with E-state index in [1.54, 1.807) is 0 Å². The molecule has 1 heterocycles. The van der Waals surface area contributed by atoms with E-state index in [9.17, 15) is 0 Å². The third kappa shape index (κ3) is 2.26. The fraction of sp³-hybridized carbons (Fsp3) is 0.533. The zero-order valence-electron chi connectivity index (χ0n) is 11.6. The first-order valence-electron chi connectivity index (χ1n) is 6.67. The van der Waals surface area contributed by atoms with Crippen molar-refractivity contribution in [2.45, 2.75) is 52.0 Å². The maximum absolute atomic E-state index is 6.29. The Balaban J connectivity index is 2.68. The quantitative estimate of drug-likeness (QED) is 0.710. The highest BCUT2D eigenvalue weighted by Crippen LogP contribution is 2.31. The number of imidazole rings is 1. The Kier molecular flexibility index (Phi) is 3.96. The van der Waals surface area contributed by atoms with Crippen molar-refractivity contribution in [3.8, 4) is 0 Å². The number of hydrogen-bond donors (Lipinski definition) is 0. The maximum Gasteiger partial charge on any atom is 0.127 e. The fourth-order valence-corrected chi connectivity index (χ4v) is 2.77. The summed E-state index contributed by atoms with van der Waals surface area (Å²) in [5, 5.41) is -0.0592. The molecule has 2 nitrogen and oxygen atoms in total. The molecule has 2 rings (SSSR count). The zero-order valence-corrected chi connectivity index (χ0v) is 12.3. The van der Waals surface area contributed by atoms with Gasteiger partial charge in [0.2, 0.25) is 0 Å². The van der Waals surface area contributed by atoms with E-state index in [4.69, 9.17) is 16.6 Å². The topological polar surface area (TPSA) is 17.8 Å². The largest absolute Gasteiger partial charge is 0.324 e. The van der Waals surface area contributed by atoms with Gasteiger partial charge in [0, 0.05) is 6.04 Å². The van der Waals surface area contributed by atoms with Gasteiger partial charge in [0.25, 0.3) is 0 Å². The molecule has 0 radical (unpaired) electrons. The minimum atomic E-state index is -0.0592. The predicted octanol–water partition coefficient (Wildman–Crippen LogP) is 5.01. The molecule has 1 aromatic carbocycles. The predicted molar refractivity (Wildman–Crippen MR) is 78.4 cm³/mol. The molecule has 0 saturated carbocycles. The van der Waals surface area contributed by atoms with Crippen LogP contribution in [0.1, 0.15) is 56.4 Å². The van der Waals surface area contributed by atoms with Gasteiger partial charge in [-0.1, -0.05) is 25.5 Å². The van der Waals surface area contributed by atoms with Crippen LogP contribution in [0.25, 0.3) is 11.0 Å². The van der Waals surface area contributed by atoms with Crippen molar-refractivity contribution in [3.63, 3.8) is 0 Å². The van der Waals surface area contributed by atoms with Crippen molar-refractivity contribution < 1.29 is 0 Å². The Morgan fingerprint density at radius 3 is 2.67 bits per heavy atom. The highest BCUT2D eigenvalue weighted by Gasteiger charge is 2.19. The lowest BCUT2D eigenvalue weighted by Gasteiger charge is -2.18. The second kappa shape index (κ2) is 5.31. The van der Waals surface area contributed by atoms with Crippen LogP contribution in [0, 0.1) is 6.92 Å². The summed E-state index contributed by atoms with van der Waals surface area (Å²) in [6, 6.07) is 6.71. The first-order valence-corrected chi connectivity index (χ1v) is 7.11. The summed E-state index contributed by atoms with van der Waals surface area (Å²) in [5.41, 5.74) is 3.56. The first-order chi connectivity index (χ1) is 8.56. The lowest BCUT2D eigenvalue weighted by Crippen LogP contribution is -2.10. The van der Waals surface area contributed by atoms with Crippen LogP contribution in [0.5, 0.6) is 0 Å². The van der Waals surface area contributed by atoms with Gasteiger partial charge in [0.15, 0.2) is 0 Å². The molecule has 0 fully saturated rings. The number of para-hydroxylation sites is 1. The van der Waals surface area contributed by atoms with Gasteiger partial charge >= 0.3 is 0 Å². The van der Waals surface area contributed by atoms with Crippen molar-refractivity contribution in [3.05, 3.63) is 29.6 Å². The molecule has 0 bridgehead atoms. The van der Waals surface area contributed by atoms with Crippen molar-refractivity contribution in [2.24, 2.45) is 0 Å². The van der Waals surface area contributed by atoms with Gasteiger partial charge in [-0.3, -0.25) is 0 Å². The van der Waals surface area contributed by atoms with Crippen molar-refractivity contribution in [2.75, 3.05) is 0 Å². The van der Waals surface area contributed by atoms with Gasteiger partial charge < -0.3 is 4.57 Å². The summed E-state index contributed by atoms with van der Waals surface area (Å²) in [4.78, 5) is 4.71. The maximum atomic E-state index is 6.29. The van der Waals surface area contributed by atoms with Crippen LogP contribution in [-0.2, 0) is 0 Å². The molecular formula is C15H21ClN2. The monoisotopic (exact) mass is 264 g/mol. The van der Waals surface area contributed by atoms with Gasteiger partial charge in [-0.2, -0.15) is 0 Å². The summed E-state index contributed by atoms with van der Waals surface area (Å²) in [6.07, 6.45) is 2.32. The van der Waals surface area contributed by atoms with E-state index in [2.05, 4.69) is 43.5 Å². The van der Waals surface area contributed by atoms with E-state index in [1.807, 2.05) is 6.92 Å². The second-order valence-corrected chi connectivity index (χ2v) is 5.69. The molecule has 2 unspecified atom stereocenters. The molecule has 0 aliphatic rings. The number of aryl methyl sites for hydroxylation is 1. The SMILES string of the molecule is CCCC(C)n1c(C(C)Cl)nc2cccc(C)c21. The summed E-state index contributed by atoms with van der Waals surface area (Å²) in [7, 11) is 0. The van der Waals surface area contributed by atoms with Crippen LogP contribution >= 0.6 is 11.6 Å². The highest BCUT2D eigenvalue weighted by molar-refractivity contribution is 6.20. The number of alkyl halides is 1. The normalized spacial score (nSPS) is 14.9. The Labute approximate surface area is 114 Å². The zero-order chi connectivity index (χ0) is 13.3. The lowest BCUT2D eigenvalue weighted by atomic mass is 10.1. The molecule has 1 aromatic heterocycles. The van der Waals surface area contributed by atoms with E-state index in [-0.39, 0.29) is 5.38 Å². The lowest BCUT2D eigenvalue weighted by molar-refractivity contribution is 0.493. The average molecular weight is 265 g/mol. The van der Waals surface area contributed by atoms with Crippen molar-refractivity contribution in [1.29, 1.82) is 0 Å². The molecule has 18 heavy (non-hydrogen) atoms. The molecule has 0 aliphatic heterocycles. The van der Waals surface area contributed by atoms with Gasteiger partial charge in [-0.15, -0.1) is 11.6 Å². The number of rotatable bonds is 4. The molecule has 0 amide bonds. The van der Waals surface area contributed by atoms with E-state index in [0.29, 0.717) is 6.04 Å². The number of aromatic nitrogens is 2. The Morgan fingerprint density at radius 2 is 2.06 bits per heavy atom. The molecule has 0 spiro atoms. The number of hydrogen-bond acceptors (Lipinski definition) is 1. The van der Waals surface area contributed by atoms with E-state index >= 15 is 0 Å². The van der Waals surface area contributed by atoms with Crippen molar-refractivity contribution in [1.82, 2.24) is 9.55 Å². The molecule has 3 heteroatoms. The second-order valence-electron chi connectivity index (χ2n) is 5.04. The van der Waals surface area contributed by atoms with E-state index in [0.717, 1.165) is 17.8 Å². The standard InChI is InChI=1S/C15H21ClN2/c1-5-7-11(3)18-14-10(2)8-6-9-13(14)17-15(18)12(4)16/h6,8-9,11-12H,5,7H2,1-4H3. The molecular weight excluding hydrogens is 244 g/mol.